The van der Waals surface area contributed by atoms with Crippen molar-refractivity contribution in [1.82, 2.24) is 0 Å². The molecule has 6 nitrogen and oxygen atoms in total. The summed E-state index contributed by atoms with van der Waals surface area (Å²) < 4.78 is 5.46. The highest BCUT2D eigenvalue weighted by atomic mass is 35.5. The Morgan fingerprint density at radius 1 is 1.18 bits per heavy atom. The Morgan fingerprint density at radius 2 is 1.91 bits per heavy atom. The summed E-state index contributed by atoms with van der Waals surface area (Å²) in [4.78, 5) is 26.6. The minimum Gasteiger partial charge on any atom is -0.494 e. The maximum atomic E-state index is 13.2. The number of nitrogens with one attached hydrogen (secondary N) is 2. The molecule has 1 aliphatic heterocycles. The number of ketones is 1. The van der Waals surface area contributed by atoms with Crippen LogP contribution in [0.15, 0.2) is 59.8 Å². The van der Waals surface area contributed by atoms with Crippen molar-refractivity contribution in [2.75, 3.05) is 23.0 Å². The van der Waals surface area contributed by atoms with Crippen LogP contribution in [-0.4, -0.2) is 18.3 Å². The molecule has 0 bridgehead atoms. The molecule has 0 unspecified atom stereocenters. The minimum atomic E-state index is -0.334. The van der Waals surface area contributed by atoms with Crippen molar-refractivity contribution in [3.05, 3.63) is 80.8 Å². The van der Waals surface area contributed by atoms with Crippen molar-refractivity contribution in [1.29, 1.82) is 0 Å². The largest absolute Gasteiger partial charge is 0.494 e. The van der Waals surface area contributed by atoms with Gasteiger partial charge < -0.3 is 21.1 Å². The fourth-order valence-corrected chi connectivity index (χ4v) is 5.80. The first-order valence-corrected chi connectivity index (χ1v) is 12.4. The number of carbonyl (C=O) groups excluding carboxylic acids is 2. The fourth-order valence-electron chi connectivity index (χ4n) is 4.59. The van der Waals surface area contributed by atoms with E-state index >= 15 is 0 Å². The van der Waals surface area contributed by atoms with Gasteiger partial charge >= 0.3 is 0 Å². The van der Waals surface area contributed by atoms with E-state index in [0.717, 1.165) is 46.0 Å². The second-order valence-corrected chi connectivity index (χ2v) is 9.73. The first kappa shape index (κ1) is 22.5. The molecule has 0 spiro atoms. The van der Waals surface area contributed by atoms with E-state index in [1.54, 1.807) is 12.1 Å². The number of halogens is 1. The molecule has 2 aromatic carbocycles. The first-order chi connectivity index (χ1) is 16.5. The minimum absolute atomic E-state index is 0.116. The van der Waals surface area contributed by atoms with Crippen LogP contribution in [0.1, 0.15) is 52.9 Å². The Morgan fingerprint density at radius 3 is 2.62 bits per heavy atom. The van der Waals surface area contributed by atoms with Crippen LogP contribution in [0.2, 0.25) is 5.02 Å². The zero-order valence-corrected chi connectivity index (χ0v) is 20.2. The highest BCUT2D eigenvalue weighted by Crippen LogP contribution is 2.52. The first-order valence-electron chi connectivity index (χ1n) is 11.2. The number of Topliss-reactive ketones (excluding diaryl/α,β-unsaturated/α-hetero) is 1. The number of anilines is 3. The lowest BCUT2D eigenvalue weighted by Crippen LogP contribution is -2.26. The number of ether oxygens (including phenoxy) is 1. The average Bonchev–Trinajstić information content (AvgIpc) is 3.16. The summed E-state index contributed by atoms with van der Waals surface area (Å²) in [5.41, 5.74) is 11.0. The van der Waals surface area contributed by atoms with E-state index in [4.69, 9.17) is 22.1 Å². The number of nitrogen functional groups attached to an aromatic ring is 1. The number of benzene rings is 2. The number of fused-ring (bicyclic) bond motifs is 1. The van der Waals surface area contributed by atoms with E-state index in [9.17, 15) is 9.59 Å². The monoisotopic (exact) mass is 493 g/mol. The molecule has 4 N–H and O–H groups in total. The van der Waals surface area contributed by atoms with E-state index in [2.05, 4.69) is 10.6 Å². The van der Waals surface area contributed by atoms with Crippen LogP contribution >= 0.6 is 22.9 Å². The molecule has 1 amide bonds. The third kappa shape index (κ3) is 4.06. The molecule has 0 saturated heterocycles. The molecule has 174 valence electrons. The van der Waals surface area contributed by atoms with E-state index in [-0.39, 0.29) is 17.6 Å². The third-order valence-corrected chi connectivity index (χ3v) is 7.50. The van der Waals surface area contributed by atoms with Crippen LogP contribution in [0.4, 0.5) is 16.4 Å². The number of hydrogen-bond donors (Lipinski definition) is 3. The molecular weight excluding hydrogens is 470 g/mol. The van der Waals surface area contributed by atoms with Crippen LogP contribution in [0, 0.1) is 0 Å². The van der Waals surface area contributed by atoms with Crippen molar-refractivity contribution in [3.63, 3.8) is 0 Å². The summed E-state index contributed by atoms with van der Waals surface area (Å²) >= 11 is 7.44. The van der Waals surface area contributed by atoms with Gasteiger partial charge in [-0.2, -0.15) is 0 Å². The molecule has 2 heterocycles. The Labute approximate surface area is 206 Å². The normalized spacial score (nSPS) is 17.0. The van der Waals surface area contributed by atoms with Crippen molar-refractivity contribution < 1.29 is 14.3 Å². The molecule has 5 rings (SSSR count). The van der Waals surface area contributed by atoms with Crippen LogP contribution in [0.5, 0.6) is 5.75 Å². The van der Waals surface area contributed by atoms with Gasteiger partial charge in [0.05, 0.1) is 17.3 Å². The third-order valence-electron chi connectivity index (χ3n) is 6.11. The topological polar surface area (TPSA) is 93.4 Å². The van der Waals surface area contributed by atoms with Gasteiger partial charge in [0.15, 0.2) is 5.78 Å². The number of amides is 1. The lowest BCUT2D eigenvalue weighted by atomic mass is 9.76. The summed E-state index contributed by atoms with van der Waals surface area (Å²) in [6.45, 7) is 2.49. The fraction of sp³-hybridized carbons (Fsp3) is 0.231. The molecule has 1 aromatic heterocycles. The van der Waals surface area contributed by atoms with Gasteiger partial charge in [-0.05, 0) is 61.7 Å². The number of thiophene rings is 1. The van der Waals surface area contributed by atoms with E-state index < -0.39 is 0 Å². The maximum absolute atomic E-state index is 13.2. The Bertz CT molecular complexity index is 1300. The van der Waals surface area contributed by atoms with Gasteiger partial charge in [0.1, 0.15) is 10.6 Å². The van der Waals surface area contributed by atoms with Crippen molar-refractivity contribution >= 4 is 51.0 Å². The smallest absolute Gasteiger partial charge is 0.267 e. The van der Waals surface area contributed by atoms with Crippen LogP contribution in [0.3, 0.4) is 0 Å². The average molecular weight is 494 g/mol. The van der Waals surface area contributed by atoms with Gasteiger partial charge in [-0.1, -0.05) is 23.7 Å². The van der Waals surface area contributed by atoms with Crippen molar-refractivity contribution in [2.45, 2.75) is 32.1 Å². The second kappa shape index (κ2) is 9.16. The van der Waals surface area contributed by atoms with Gasteiger partial charge in [0.25, 0.3) is 5.91 Å². The number of rotatable bonds is 5. The van der Waals surface area contributed by atoms with Gasteiger partial charge in [-0.25, -0.2) is 0 Å². The Hall–Kier alpha value is -3.29. The SMILES string of the molecule is CCOc1ccc(NC(=O)c2sc3c(c2N)[C@H](c2ccc(Cl)cc2)C2=C(CCCC2=O)N3)cc1. The number of carbonyl (C=O) groups is 2. The lowest BCUT2D eigenvalue weighted by Gasteiger charge is -2.32. The molecular formula is C26H24ClN3O3S. The zero-order chi connectivity index (χ0) is 23.8. The molecule has 0 saturated carbocycles. The van der Waals surface area contributed by atoms with Crippen LogP contribution in [-0.2, 0) is 4.79 Å². The Kier molecular flexibility index (Phi) is 6.06. The molecule has 0 radical (unpaired) electrons. The molecule has 2 aliphatic rings. The standard InChI is InChI=1S/C26H24ClN3O3S/c1-2-33-17-12-10-16(11-13-17)29-25(32)24-23(28)22-20(14-6-8-15(27)9-7-14)21-18(30-26(22)34-24)4-3-5-19(21)31/h6-13,20,30H,2-5,28H2,1H3,(H,29,32)/t20-/m1/s1. The van der Waals surface area contributed by atoms with Gasteiger partial charge in [0.2, 0.25) is 0 Å². The van der Waals surface area contributed by atoms with E-state index in [1.165, 1.54) is 11.3 Å². The highest BCUT2D eigenvalue weighted by molar-refractivity contribution is 7.19. The predicted molar refractivity (Wildman–Crippen MR) is 137 cm³/mol. The molecule has 3 aromatic rings. The quantitative estimate of drug-likeness (QED) is 0.393. The van der Waals surface area contributed by atoms with Gasteiger partial charge in [-0.15, -0.1) is 11.3 Å². The molecule has 0 fully saturated rings. The summed E-state index contributed by atoms with van der Waals surface area (Å²) in [5, 5.41) is 7.77. The molecule has 1 aliphatic carbocycles. The van der Waals surface area contributed by atoms with Gasteiger partial charge in [0, 0.05) is 39.9 Å². The van der Waals surface area contributed by atoms with Crippen LogP contribution in [0.25, 0.3) is 0 Å². The highest BCUT2D eigenvalue weighted by Gasteiger charge is 2.39. The summed E-state index contributed by atoms with van der Waals surface area (Å²) in [6.07, 6.45) is 2.10. The summed E-state index contributed by atoms with van der Waals surface area (Å²) in [5.74, 6) is 0.231. The zero-order valence-electron chi connectivity index (χ0n) is 18.6. The number of allylic oxidation sites excluding steroid dienone is 2. The second-order valence-electron chi connectivity index (χ2n) is 8.28. The maximum Gasteiger partial charge on any atom is 0.267 e. The number of hydrogen-bond acceptors (Lipinski definition) is 6. The molecule has 1 atom stereocenters. The lowest BCUT2D eigenvalue weighted by molar-refractivity contribution is -0.116. The van der Waals surface area contributed by atoms with Crippen molar-refractivity contribution in [2.24, 2.45) is 0 Å². The van der Waals surface area contributed by atoms with Crippen LogP contribution < -0.4 is 21.1 Å². The van der Waals surface area contributed by atoms with E-state index in [1.807, 2.05) is 43.3 Å². The van der Waals surface area contributed by atoms with Crippen molar-refractivity contribution in [3.8, 4) is 5.75 Å². The van der Waals surface area contributed by atoms with E-state index in [0.29, 0.717) is 34.3 Å². The summed E-state index contributed by atoms with van der Waals surface area (Å²) in [6, 6.07) is 14.7. The summed E-state index contributed by atoms with van der Waals surface area (Å²) in [7, 11) is 0. The number of nitrogens with two attached hydrogens (primary N) is 1. The van der Waals surface area contributed by atoms with Gasteiger partial charge in [-0.3, -0.25) is 9.59 Å². The predicted octanol–water partition coefficient (Wildman–Crippen LogP) is 6.20. The Balaban J connectivity index is 1.52. The molecule has 8 heteroatoms. The molecule has 34 heavy (non-hydrogen) atoms.